The molecule has 0 bridgehead atoms. The zero-order valence-corrected chi connectivity index (χ0v) is 11.9. The number of amides is 1. The van der Waals surface area contributed by atoms with Crippen LogP contribution in [0.4, 0.5) is 5.69 Å². The van der Waals surface area contributed by atoms with Gasteiger partial charge in [0.05, 0.1) is 0 Å². The smallest absolute Gasteiger partial charge is 0.223 e. The van der Waals surface area contributed by atoms with E-state index in [9.17, 15) is 4.79 Å². The first-order chi connectivity index (χ1) is 8.99. The van der Waals surface area contributed by atoms with Crippen LogP contribution in [0.25, 0.3) is 0 Å². The van der Waals surface area contributed by atoms with E-state index in [1.165, 1.54) is 12.0 Å². The van der Waals surface area contributed by atoms with Gasteiger partial charge in [0, 0.05) is 18.2 Å². The Hall–Kier alpha value is -1.51. The van der Waals surface area contributed by atoms with Crippen LogP contribution < -0.4 is 11.1 Å². The molecule has 1 aromatic carbocycles. The molecule has 1 saturated carbocycles. The third kappa shape index (κ3) is 3.49. The lowest BCUT2D eigenvalue weighted by atomic mass is 9.81. The largest absolute Gasteiger partial charge is 0.399 e. The van der Waals surface area contributed by atoms with E-state index in [2.05, 4.69) is 19.2 Å². The lowest BCUT2D eigenvalue weighted by Crippen LogP contribution is -2.37. The minimum Gasteiger partial charge on any atom is -0.399 e. The number of rotatable bonds is 4. The standard InChI is InChI=1S/C16H24N2O/c1-16(2)10-3-4-14(16)15(19)18-11-9-12-5-7-13(17)8-6-12/h5-8,14H,3-4,9-11,17H2,1-2H3,(H,18,19). The number of benzene rings is 1. The Morgan fingerprint density at radius 1 is 1.37 bits per heavy atom. The van der Waals surface area contributed by atoms with E-state index >= 15 is 0 Å². The molecule has 1 aliphatic carbocycles. The van der Waals surface area contributed by atoms with Crippen LogP contribution in [0.1, 0.15) is 38.7 Å². The summed E-state index contributed by atoms with van der Waals surface area (Å²) in [5.41, 5.74) is 7.79. The van der Waals surface area contributed by atoms with Gasteiger partial charge in [-0.3, -0.25) is 4.79 Å². The molecule has 1 aromatic rings. The van der Waals surface area contributed by atoms with Gasteiger partial charge in [0.2, 0.25) is 5.91 Å². The van der Waals surface area contributed by atoms with Crippen LogP contribution in [0.15, 0.2) is 24.3 Å². The maximum absolute atomic E-state index is 12.2. The van der Waals surface area contributed by atoms with Gasteiger partial charge in [-0.25, -0.2) is 0 Å². The molecule has 3 nitrogen and oxygen atoms in total. The fourth-order valence-electron chi connectivity index (χ4n) is 2.95. The van der Waals surface area contributed by atoms with E-state index in [0.717, 1.165) is 24.9 Å². The van der Waals surface area contributed by atoms with E-state index in [1.54, 1.807) is 0 Å². The third-order valence-electron chi connectivity index (χ3n) is 4.27. The number of hydrogen-bond donors (Lipinski definition) is 2. The Balaban J connectivity index is 1.79. The number of anilines is 1. The van der Waals surface area contributed by atoms with Crippen LogP contribution in [0.5, 0.6) is 0 Å². The fourth-order valence-corrected chi connectivity index (χ4v) is 2.95. The summed E-state index contributed by atoms with van der Waals surface area (Å²) in [6.07, 6.45) is 4.21. The molecule has 1 aliphatic rings. The van der Waals surface area contributed by atoms with E-state index in [4.69, 9.17) is 5.73 Å². The van der Waals surface area contributed by atoms with Gasteiger partial charge in [0.15, 0.2) is 0 Å². The molecule has 0 aromatic heterocycles. The molecule has 19 heavy (non-hydrogen) atoms. The van der Waals surface area contributed by atoms with Crippen molar-refractivity contribution in [3.05, 3.63) is 29.8 Å². The molecule has 2 rings (SSSR count). The first-order valence-corrected chi connectivity index (χ1v) is 7.11. The summed E-state index contributed by atoms with van der Waals surface area (Å²) < 4.78 is 0. The highest BCUT2D eigenvalue weighted by molar-refractivity contribution is 5.79. The Labute approximate surface area is 115 Å². The Kier molecular flexibility index (Phi) is 4.13. The second-order valence-corrected chi connectivity index (χ2v) is 6.22. The monoisotopic (exact) mass is 260 g/mol. The fraction of sp³-hybridized carbons (Fsp3) is 0.562. The van der Waals surface area contributed by atoms with Gasteiger partial charge in [-0.2, -0.15) is 0 Å². The summed E-state index contributed by atoms with van der Waals surface area (Å²) in [7, 11) is 0. The molecule has 104 valence electrons. The molecule has 0 spiro atoms. The quantitative estimate of drug-likeness (QED) is 0.818. The normalized spacial score (nSPS) is 21.3. The zero-order valence-electron chi connectivity index (χ0n) is 11.9. The Morgan fingerprint density at radius 3 is 2.63 bits per heavy atom. The SMILES string of the molecule is CC1(C)CCCC1C(=O)NCCc1ccc(N)cc1. The number of nitrogen functional groups attached to an aromatic ring is 1. The molecular formula is C16H24N2O. The van der Waals surface area contributed by atoms with E-state index in [1.807, 2.05) is 24.3 Å². The molecule has 1 amide bonds. The number of hydrogen-bond acceptors (Lipinski definition) is 2. The zero-order chi connectivity index (χ0) is 13.9. The predicted octanol–water partition coefficient (Wildman–Crippen LogP) is 2.75. The van der Waals surface area contributed by atoms with Crippen molar-refractivity contribution in [2.75, 3.05) is 12.3 Å². The summed E-state index contributed by atoms with van der Waals surface area (Å²) in [5.74, 6) is 0.400. The third-order valence-corrected chi connectivity index (χ3v) is 4.27. The second kappa shape index (κ2) is 5.64. The summed E-state index contributed by atoms with van der Waals surface area (Å²) in [6, 6.07) is 7.83. The van der Waals surface area contributed by atoms with Crippen molar-refractivity contribution in [3.63, 3.8) is 0 Å². The lowest BCUT2D eigenvalue weighted by Gasteiger charge is -2.25. The maximum Gasteiger partial charge on any atom is 0.223 e. The van der Waals surface area contributed by atoms with Gasteiger partial charge in [-0.15, -0.1) is 0 Å². The molecule has 0 saturated heterocycles. The Morgan fingerprint density at radius 2 is 2.05 bits per heavy atom. The van der Waals surface area contributed by atoms with Crippen LogP contribution in [-0.4, -0.2) is 12.5 Å². The lowest BCUT2D eigenvalue weighted by molar-refractivity contribution is -0.127. The first-order valence-electron chi connectivity index (χ1n) is 7.11. The molecule has 1 unspecified atom stereocenters. The minimum absolute atomic E-state index is 0.158. The highest BCUT2D eigenvalue weighted by Gasteiger charge is 2.38. The van der Waals surface area contributed by atoms with Gasteiger partial charge < -0.3 is 11.1 Å². The van der Waals surface area contributed by atoms with E-state index in [-0.39, 0.29) is 17.2 Å². The summed E-state index contributed by atoms with van der Waals surface area (Å²) in [4.78, 5) is 12.2. The molecule has 1 fully saturated rings. The van der Waals surface area contributed by atoms with Crippen molar-refractivity contribution in [1.29, 1.82) is 0 Å². The Bertz CT molecular complexity index is 437. The van der Waals surface area contributed by atoms with Gasteiger partial charge in [0.1, 0.15) is 0 Å². The summed E-state index contributed by atoms with van der Waals surface area (Å²) in [5, 5.41) is 3.07. The van der Waals surface area contributed by atoms with Crippen LogP contribution >= 0.6 is 0 Å². The number of nitrogens with one attached hydrogen (secondary N) is 1. The molecular weight excluding hydrogens is 236 g/mol. The maximum atomic E-state index is 12.2. The molecule has 1 atom stereocenters. The second-order valence-electron chi connectivity index (χ2n) is 6.22. The van der Waals surface area contributed by atoms with Crippen molar-refractivity contribution in [1.82, 2.24) is 5.32 Å². The summed E-state index contributed by atoms with van der Waals surface area (Å²) >= 11 is 0. The topological polar surface area (TPSA) is 55.1 Å². The van der Waals surface area contributed by atoms with E-state index in [0.29, 0.717) is 6.54 Å². The minimum atomic E-state index is 0.158. The van der Waals surface area contributed by atoms with Crippen LogP contribution in [-0.2, 0) is 11.2 Å². The molecule has 0 aliphatic heterocycles. The van der Waals surface area contributed by atoms with Crippen LogP contribution in [0.2, 0.25) is 0 Å². The van der Waals surface area contributed by atoms with Gasteiger partial charge >= 0.3 is 0 Å². The highest BCUT2D eigenvalue weighted by Crippen LogP contribution is 2.42. The van der Waals surface area contributed by atoms with Crippen molar-refractivity contribution >= 4 is 11.6 Å². The van der Waals surface area contributed by atoms with Gasteiger partial charge in [-0.1, -0.05) is 32.4 Å². The molecule has 3 heteroatoms. The van der Waals surface area contributed by atoms with E-state index < -0.39 is 0 Å². The number of nitrogens with two attached hydrogens (primary N) is 1. The van der Waals surface area contributed by atoms with Gasteiger partial charge in [0.25, 0.3) is 0 Å². The van der Waals surface area contributed by atoms with Crippen molar-refractivity contribution in [2.45, 2.75) is 39.5 Å². The van der Waals surface area contributed by atoms with Crippen molar-refractivity contribution < 1.29 is 4.79 Å². The van der Waals surface area contributed by atoms with Crippen molar-refractivity contribution in [2.24, 2.45) is 11.3 Å². The molecule has 0 radical (unpaired) electrons. The number of carbonyl (C=O) groups excluding carboxylic acids is 1. The average molecular weight is 260 g/mol. The number of carbonyl (C=O) groups is 1. The molecule has 3 N–H and O–H groups in total. The first kappa shape index (κ1) is 13.9. The average Bonchev–Trinajstić information content (AvgIpc) is 2.71. The summed E-state index contributed by atoms with van der Waals surface area (Å²) in [6.45, 7) is 5.10. The van der Waals surface area contributed by atoms with Crippen LogP contribution in [0, 0.1) is 11.3 Å². The van der Waals surface area contributed by atoms with Gasteiger partial charge in [-0.05, 0) is 42.4 Å². The highest BCUT2D eigenvalue weighted by atomic mass is 16.1. The predicted molar refractivity (Wildman–Crippen MR) is 78.7 cm³/mol. The molecule has 0 heterocycles. The van der Waals surface area contributed by atoms with Crippen LogP contribution in [0.3, 0.4) is 0 Å². The van der Waals surface area contributed by atoms with Crippen molar-refractivity contribution in [3.8, 4) is 0 Å².